The Morgan fingerprint density at radius 2 is 2.10 bits per heavy atom. The number of hydrogen-bond acceptors (Lipinski definition) is 5. The van der Waals surface area contributed by atoms with Crippen LogP contribution in [0.3, 0.4) is 0 Å². The molecule has 0 saturated heterocycles. The molecule has 1 unspecified atom stereocenters. The van der Waals surface area contributed by atoms with Crippen molar-refractivity contribution in [2.75, 3.05) is 26.0 Å². The number of ether oxygens (including phenoxy) is 1. The van der Waals surface area contributed by atoms with E-state index in [2.05, 4.69) is 0 Å². The summed E-state index contributed by atoms with van der Waals surface area (Å²) in [6.07, 6.45) is 0.691. The summed E-state index contributed by atoms with van der Waals surface area (Å²) in [5, 5.41) is 9.39. The van der Waals surface area contributed by atoms with Crippen molar-refractivity contribution in [2.45, 2.75) is 31.2 Å². The number of sulfonamides is 1. The number of nitrogens with two attached hydrogens (primary N) is 1. The Bertz CT molecular complexity index is 545. The molecular weight excluding hydrogens is 280 g/mol. The molecule has 0 aliphatic heterocycles. The van der Waals surface area contributed by atoms with Crippen LogP contribution in [0.15, 0.2) is 23.1 Å². The van der Waals surface area contributed by atoms with Gasteiger partial charge in [0.2, 0.25) is 10.0 Å². The molecule has 0 aliphatic rings. The van der Waals surface area contributed by atoms with Gasteiger partial charge >= 0.3 is 0 Å². The smallest absolute Gasteiger partial charge is 0.243 e. The Morgan fingerprint density at radius 3 is 2.60 bits per heavy atom. The van der Waals surface area contributed by atoms with Crippen LogP contribution in [0.4, 0.5) is 5.69 Å². The van der Waals surface area contributed by atoms with Crippen molar-refractivity contribution in [3.8, 4) is 5.75 Å². The monoisotopic (exact) mass is 302 g/mol. The van der Waals surface area contributed by atoms with Gasteiger partial charge in [-0.3, -0.25) is 0 Å². The molecule has 0 spiro atoms. The van der Waals surface area contributed by atoms with Crippen LogP contribution in [-0.2, 0) is 14.8 Å². The van der Waals surface area contributed by atoms with Crippen LogP contribution in [-0.4, -0.2) is 44.1 Å². The second kappa shape index (κ2) is 6.92. The van der Waals surface area contributed by atoms with E-state index in [0.717, 1.165) is 0 Å². The first kappa shape index (κ1) is 16.7. The molecule has 3 N–H and O–H groups in total. The number of aromatic hydroxyl groups is 1. The van der Waals surface area contributed by atoms with E-state index in [1.54, 1.807) is 0 Å². The van der Waals surface area contributed by atoms with Crippen LogP contribution in [0.2, 0.25) is 0 Å². The standard InChI is InChI=1S/C13H22N2O4S/c1-4-10(2)15(7-8-19-3)20(17,18)11-5-6-13(16)12(14)9-11/h5-6,9-10,16H,4,7-8,14H2,1-3H3. The lowest BCUT2D eigenvalue weighted by molar-refractivity contribution is 0.167. The van der Waals surface area contributed by atoms with Crippen molar-refractivity contribution < 1.29 is 18.3 Å². The normalized spacial score (nSPS) is 13.6. The van der Waals surface area contributed by atoms with E-state index in [9.17, 15) is 13.5 Å². The number of methoxy groups -OCH3 is 1. The van der Waals surface area contributed by atoms with Crippen molar-refractivity contribution in [1.29, 1.82) is 0 Å². The van der Waals surface area contributed by atoms with Crippen molar-refractivity contribution in [3.63, 3.8) is 0 Å². The van der Waals surface area contributed by atoms with Gasteiger partial charge in [0, 0.05) is 19.7 Å². The first-order valence-electron chi connectivity index (χ1n) is 6.43. The summed E-state index contributed by atoms with van der Waals surface area (Å²) in [6.45, 7) is 4.36. The highest BCUT2D eigenvalue weighted by molar-refractivity contribution is 7.89. The number of phenolic OH excluding ortho intramolecular Hbond substituents is 1. The van der Waals surface area contributed by atoms with E-state index >= 15 is 0 Å². The molecule has 0 amide bonds. The number of phenols is 1. The fourth-order valence-corrected chi connectivity index (χ4v) is 3.52. The number of anilines is 1. The third-order valence-corrected chi connectivity index (χ3v) is 5.21. The third kappa shape index (κ3) is 3.62. The molecule has 1 rings (SSSR count). The largest absolute Gasteiger partial charge is 0.506 e. The third-order valence-electron chi connectivity index (χ3n) is 3.20. The second-order valence-electron chi connectivity index (χ2n) is 4.59. The zero-order valence-electron chi connectivity index (χ0n) is 12.0. The van der Waals surface area contributed by atoms with E-state index in [1.165, 1.54) is 29.6 Å². The topological polar surface area (TPSA) is 92.9 Å². The van der Waals surface area contributed by atoms with Crippen molar-refractivity contribution >= 4 is 15.7 Å². The minimum atomic E-state index is -3.66. The maximum Gasteiger partial charge on any atom is 0.243 e. The van der Waals surface area contributed by atoms with E-state index < -0.39 is 10.0 Å². The Morgan fingerprint density at radius 1 is 1.45 bits per heavy atom. The SMILES string of the molecule is CCC(C)N(CCOC)S(=O)(=O)c1ccc(O)c(N)c1. The van der Waals surface area contributed by atoms with Gasteiger partial charge in [-0.1, -0.05) is 6.92 Å². The van der Waals surface area contributed by atoms with Gasteiger partial charge in [0.15, 0.2) is 0 Å². The van der Waals surface area contributed by atoms with Crippen molar-refractivity contribution in [2.24, 2.45) is 0 Å². The average molecular weight is 302 g/mol. The fourth-order valence-electron chi connectivity index (χ4n) is 1.79. The van der Waals surface area contributed by atoms with Crippen LogP contribution in [0.5, 0.6) is 5.75 Å². The number of rotatable bonds is 7. The Labute approximate surface area is 120 Å². The highest BCUT2D eigenvalue weighted by Gasteiger charge is 2.28. The van der Waals surface area contributed by atoms with Crippen LogP contribution in [0.1, 0.15) is 20.3 Å². The van der Waals surface area contributed by atoms with Crippen molar-refractivity contribution in [1.82, 2.24) is 4.31 Å². The molecular formula is C13H22N2O4S. The molecule has 1 atom stereocenters. The molecule has 1 aromatic rings. The second-order valence-corrected chi connectivity index (χ2v) is 6.48. The van der Waals surface area contributed by atoms with Crippen LogP contribution in [0, 0.1) is 0 Å². The zero-order valence-corrected chi connectivity index (χ0v) is 12.9. The molecule has 20 heavy (non-hydrogen) atoms. The minimum absolute atomic E-state index is 0.0434. The van der Waals surface area contributed by atoms with E-state index in [-0.39, 0.29) is 28.9 Å². The first-order valence-corrected chi connectivity index (χ1v) is 7.87. The Hall–Kier alpha value is -1.31. The summed E-state index contributed by atoms with van der Waals surface area (Å²) < 4.78 is 31.6. The molecule has 0 radical (unpaired) electrons. The van der Waals surface area contributed by atoms with E-state index in [1.807, 2.05) is 13.8 Å². The van der Waals surface area contributed by atoms with Gasteiger partial charge in [-0.15, -0.1) is 0 Å². The van der Waals surface area contributed by atoms with Crippen LogP contribution >= 0.6 is 0 Å². The van der Waals surface area contributed by atoms with Gasteiger partial charge in [-0.05, 0) is 31.5 Å². The lowest BCUT2D eigenvalue weighted by Gasteiger charge is -2.27. The fraction of sp³-hybridized carbons (Fsp3) is 0.538. The molecule has 7 heteroatoms. The minimum Gasteiger partial charge on any atom is -0.506 e. The van der Waals surface area contributed by atoms with Crippen LogP contribution in [0.25, 0.3) is 0 Å². The lowest BCUT2D eigenvalue weighted by atomic mass is 10.3. The van der Waals surface area contributed by atoms with Crippen LogP contribution < -0.4 is 5.73 Å². The number of benzene rings is 1. The Balaban J connectivity index is 3.17. The molecule has 0 saturated carbocycles. The van der Waals surface area contributed by atoms with Gasteiger partial charge in [0.25, 0.3) is 0 Å². The van der Waals surface area contributed by atoms with Gasteiger partial charge in [-0.25, -0.2) is 8.42 Å². The predicted octanol–water partition coefficient (Wildman–Crippen LogP) is 1.41. The molecule has 114 valence electrons. The molecule has 0 fully saturated rings. The summed E-state index contributed by atoms with van der Waals surface area (Å²) >= 11 is 0. The molecule has 0 aliphatic carbocycles. The van der Waals surface area contributed by atoms with Crippen molar-refractivity contribution in [3.05, 3.63) is 18.2 Å². The maximum atomic E-state index is 12.6. The highest BCUT2D eigenvalue weighted by Crippen LogP contribution is 2.26. The lowest BCUT2D eigenvalue weighted by Crippen LogP contribution is -2.40. The molecule has 0 bridgehead atoms. The van der Waals surface area contributed by atoms with E-state index in [4.69, 9.17) is 10.5 Å². The summed E-state index contributed by atoms with van der Waals surface area (Å²) in [5.74, 6) is -0.129. The summed E-state index contributed by atoms with van der Waals surface area (Å²) in [6, 6.07) is 3.76. The maximum absolute atomic E-state index is 12.6. The summed E-state index contributed by atoms with van der Waals surface area (Å²) in [5.41, 5.74) is 5.61. The highest BCUT2D eigenvalue weighted by atomic mass is 32.2. The van der Waals surface area contributed by atoms with Gasteiger partial charge in [0.05, 0.1) is 17.2 Å². The van der Waals surface area contributed by atoms with E-state index in [0.29, 0.717) is 13.0 Å². The van der Waals surface area contributed by atoms with Gasteiger partial charge in [-0.2, -0.15) is 4.31 Å². The zero-order chi connectivity index (χ0) is 15.3. The summed E-state index contributed by atoms with van der Waals surface area (Å²) in [4.78, 5) is 0.0733. The number of hydrogen-bond donors (Lipinski definition) is 2. The molecule has 6 nitrogen and oxygen atoms in total. The summed E-state index contributed by atoms with van der Waals surface area (Å²) in [7, 11) is -2.13. The quantitative estimate of drug-likeness (QED) is 0.587. The average Bonchev–Trinajstić information content (AvgIpc) is 2.41. The molecule has 1 aromatic carbocycles. The van der Waals surface area contributed by atoms with Gasteiger partial charge in [0.1, 0.15) is 5.75 Å². The van der Waals surface area contributed by atoms with Gasteiger partial charge < -0.3 is 15.6 Å². The number of nitrogen functional groups attached to an aromatic ring is 1. The first-order chi connectivity index (χ1) is 9.34. The Kier molecular flexibility index (Phi) is 5.79. The molecule has 0 heterocycles. The molecule has 0 aromatic heterocycles. The number of nitrogens with zero attached hydrogens (tertiary/aromatic N) is 1. The predicted molar refractivity (Wildman–Crippen MR) is 78.0 cm³/mol.